The summed E-state index contributed by atoms with van der Waals surface area (Å²) in [5.74, 6) is 0. The number of rotatable bonds is 4. The Kier molecular flexibility index (Phi) is 4.67. The van der Waals surface area contributed by atoms with Gasteiger partial charge < -0.3 is 5.32 Å². The molecule has 4 heteroatoms. The third-order valence-corrected chi connectivity index (χ3v) is 6.10. The standard InChI is InChI=1S/C16H24N2S2/c1-10-8-19-9-13(10)7-17-11(2)14-12(3)18-15(20-14)16(4,5)6/h8-9,11,17H,7H2,1-6H3. The van der Waals surface area contributed by atoms with Gasteiger partial charge in [-0.15, -0.1) is 11.3 Å². The summed E-state index contributed by atoms with van der Waals surface area (Å²) in [4.78, 5) is 6.11. The van der Waals surface area contributed by atoms with Crippen LogP contribution in [0.5, 0.6) is 0 Å². The first-order chi connectivity index (χ1) is 9.29. The van der Waals surface area contributed by atoms with E-state index in [-0.39, 0.29) is 5.41 Å². The molecule has 110 valence electrons. The first kappa shape index (κ1) is 15.7. The van der Waals surface area contributed by atoms with Gasteiger partial charge in [-0.3, -0.25) is 0 Å². The van der Waals surface area contributed by atoms with Gasteiger partial charge in [-0.25, -0.2) is 4.98 Å². The zero-order chi connectivity index (χ0) is 14.9. The Hall–Kier alpha value is -0.710. The zero-order valence-corrected chi connectivity index (χ0v) is 14.8. The molecule has 2 aromatic rings. The largest absolute Gasteiger partial charge is 0.305 e. The van der Waals surface area contributed by atoms with Crippen LogP contribution in [-0.2, 0) is 12.0 Å². The van der Waals surface area contributed by atoms with Crippen molar-refractivity contribution in [1.82, 2.24) is 10.3 Å². The van der Waals surface area contributed by atoms with Gasteiger partial charge in [-0.05, 0) is 42.7 Å². The lowest BCUT2D eigenvalue weighted by Crippen LogP contribution is -2.18. The van der Waals surface area contributed by atoms with Crippen LogP contribution in [0.2, 0.25) is 0 Å². The molecule has 2 nitrogen and oxygen atoms in total. The van der Waals surface area contributed by atoms with Crippen molar-refractivity contribution in [2.45, 2.75) is 59.5 Å². The lowest BCUT2D eigenvalue weighted by atomic mass is 9.98. The average molecular weight is 309 g/mol. The molecule has 0 fully saturated rings. The van der Waals surface area contributed by atoms with Crippen LogP contribution in [0.25, 0.3) is 0 Å². The fourth-order valence-electron chi connectivity index (χ4n) is 2.05. The summed E-state index contributed by atoms with van der Waals surface area (Å²) in [6.07, 6.45) is 0. The highest BCUT2D eigenvalue weighted by molar-refractivity contribution is 7.12. The normalized spacial score (nSPS) is 13.7. The SMILES string of the molecule is Cc1cscc1CNC(C)c1sc(C(C)(C)C)nc1C. The number of aromatic nitrogens is 1. The first-order valence-corrected chi connectivity index (χ1v) is 8.78. The second-order valence-electron chi connectivity index (χ2n) is 6.40. The Labute approximate surface area is 130 Å². The minimum atomic E-state index is 0.136. The molecule has 2 aromatic heterocycles. The molecule has 0 aliphatic rings. The molecule has 0 aromatic carbocycles. The van der Waals surface area contributed by atoms with Crippen molar-refractivity contribution >= 4 is 22.7 Å². The highest BCUT2D eigenvalue weighted by Crippen LogP contribution is 2.32. The van der Waals surface area contributed by atoms with Gasteiger partial charge in [0.15, 0.2) is 0 Å². The van der Waals surface area contributed by atoms with E-state index in [9.17, 15) is 0 Å². The summed E-state index contributed by atoms with van der Waals surface area (Å²) >= 11 is 3.62. The Morgan fingerprint density at radius 3 is 2.45 bits per heavy atom. The molecular formula is C16H24N2S2. The second-order valence-corrected chi connectivity index (χ2v) is 8.18. The van der Waals surface area contributed by atoms with E-state index in [2.05, 4.69) is 57.6 Å². The third-order valence-electron chi connectivity index (χ3n) is 3.43. The monoisotopic (exact) mass is 308 g/mol. The molecule has 2 heterocycles. The Balaban J connectivity index is 2.08. The maximum atomic E-state index is 4.75. The fourth-order valence-corrected chi connectivity index (χ4v) is 4.06. The summed E-state index contributed by atoms with van der Waals surface area (Å²) in [5, 5.41) is 9.29. The van der Waals surface area contributed by atoms with E-state index in [4.69, 9.17) is 4.98 Å². The molecule has 0 radical (unpaired) electrons. The van der Waals surface area contributed by atoms with Crippen molar-refractivity contribution in [3.63, 3.8) is 0 Å². The minimum absolute atomic E-state index is 0.136. The Bertz CT molecular complexity index is 576. The van der Waals surface area contributed by atoms with E-state index in [1.165, 1.54) is 26.7 Å². The van der Waals surface area contributed by atoms with Gasteiger partial charge in [-0.2, -0.15) is 11.3 Å². The van der Waals surface area contributed by atoms with Crippen LogP contribution in [0.1, 0.15) is 60.4 Å². The van der Waals surface area contributed by atoms with E-state index < -0.39 is 0 Å². The maximum Gasteiger partial charge on any atom is 0.0985 e. The van der Waals surface area contributed by atoms with E-state index in [1.807, 2.05) is 11.3 Å². The summed E-state index contributed by atoms with van der Waals surface area (Å²) in [7, 11) is 0. The van der Waals surface area contributed by atoms with Crippen LogP contribution in [0.4, 0.5) is 0 Å². The van der Waals surface area contributed by atoms with Crippen molar-refractivity contribution in [2.24, 2.45) is 0 Å². The molecule has 0 amide bonds. The molecule has 1 atom stereocenters. The lowest BCUT2D eigenvalue weighted by Gasteiger charge is -2.14. The molecule has 0 saturated carbocycles. The molecule has 0 spiro atoms. The number of hydrogen-bond donors (Lipinski definition) is 1. The third kappa shape index (κ3) is 3.48. The number of aryl methyl sites for hydroxylation is 2. The van der Waals surface area contributed by atoms with Crippen molar-refractivity contribution in [3.05, 3.63) is 37.5 Å². The molecule has 2 rings (SSSR count). The fraction of sp³-hybridized carbons (Fsp3) is 0.562. The molecule has 1 N–H and O–H groups in total. The smallest absolute Gasteiger partial charge is 0.0985 e. The van der Waals surface area contributed by atoms with E-state index in [0.717, 1.165) is 6.54 Å². The van der Waals surface area contributed by atoms with Gasteiger partial charge in [0.2, 0.25) is 0 Å². The van der Waals surface area contributed by atoms with Gasteiger partial charge in [0, 0.05) is 22.9 Å². The zero-order valence-electron chi connectivity index (χ0n) is 13.2. The van der Waals surface area contributed by atoms with Crippen LogP contribution >= 0.6 is 22.7 Å². The number of thiazole rings is 1. The number of hydrogen-bond acceptors (Lipinski definition) is 4. The predicted molar refractivity (Wildman–Crippen MR) is 89.9 cm³/mol. The molecule has 0 saturated heterocycles. The van der Waals surface area contributed by atoms with Crippen LogP contribution in [-0.4, -0.2) is 4.98 Å². The van der Waals surface area contributed by atoms with Gasteiger partial charge in [0.1, 0.15) is 0 Å². The summed E-state index contributed by atoms with van der Waals surface area (Å²) in [5.41, 5.74) is 4.09. The van der Waals surface area contributed by atoms with Gasteiger partial charge >= 0.3 is 0 Å². The molecule has 0 aliphatic carbocycles. The summed E-state index contributed by atoms with van der Waals surface area (Å²) < 4.78 is 0. The van der Waals surface area contributed by atoms with E-state index >= 15 is 0 Å². The quantitative estimate of drug-likeness (QED) is 0.862. The lowest BCUT2D eigenvalue weighted by molar-refractivity contribution is 0.577. The van der Waals surface area contributed by atoms with E-state index in [1.54, 1.807) is 11.3 Å². The Morgan fingerprint density at radius 1 is 1.25 bits per heavy atom. The molecule has 0 bridgehead atoms. The van der Waals surface area contributed by atoms with Crippen molar-refractivity contribution in [3.8, 4) is 0 Å². The van der Waals surface area contributed by atoms with Gasteiger partial charge in [-0.1, -0.05) is 20.8 Å². The van der Waals surface area contributed by atoms with Crippen molar-refractivity contribution < 1.29 is 0 Å². The number of nitrogens with one attached hydrogen (secondary N) is 1. The van der Waals surface area contributed by atoms with E-state index in [0.29, 0.717) is 6.04 Å². The van der Waals surface area contributed by atoms with Crippen LogP contribution < -0.4 is 5.32 Å². The molecular weight excluding hydrogens is 284 g/mol. The number of nitrogens with zero attached hydrogens (tertiary/aromatic N) is 1. The summed E-state index contributed by atoms with van der Waals surface area (Å²) in [6, 6.07) is 0.350. The second kappa shape index (κ2) is 5.96. The summed E-state index contributed by atoms with van der Waals surface area (Å²) in [6.45, 7) is 14.1. The predicted octanol–water partition coefficient (Wildman–Crippen LogP) is 4.97. The van der Waals surface area contributed by atoms with Gasteiger partial charge in [0.05, 0.1) is 10.7 Å². The average Bonchev–Trinajstić information content (AvgIpc) is 2.92. The maximum absolute atomic E-state index is 4.75. The molecule has 1 unspecified atom stereocenters. The van der Waals surface area contributed by atoms with Crippen LogP contribution in [0.15, 0.2) is 10.8 Å². The van der Waals surface area contributed by atoms with Gasteiger partial charge in [0.25, 0.3) is 0 Å². The minimum Gasteiger partial charge on any atom is -0.305 e. The first-order valence-electron chi connectivity index (χ1n) is 7.02. The molecule has 20 heavy (non-hydrogen) atoms. The number of thiophene rings is 1. The van der Waals surface area contributed by atoms with Crippen LogP contribution in [0, 0.1) is 13.8 Å². The van der Waals surface area contributed by atoms with Crippen LogP contribution in [0.3, 0.4) is 0 Å². The molecule has 0 aliphatic heterocycles. The topological polar surface area (TPSA) is 24.9 Å². The Morgan fingerprint density at radius 2 is 1.95 bits per heavy atom. The highest BCUT2D eigenvalue weighted by atomic mass is 32.1. The highest BCUT2D eigenvalue weighted by Gasteiger charge is 2.22. The van der Waals surface area contributed by atoms with Crippen molar-refractivity contribution in [1.29, 1.82) is 0 Å². The van der Waals surface area contributed by atoms with Crippen molar-refractivity contribution in [2.75, 3.05) is 0 Å².